The minimum atomic E-state index is -0.514. The number of benzene rings is 1. The third-order valence-electron chi connectivity index (χ3n) is 2.74. The first-order valence-corrected chi connectivity index (χ1v) is 6.57. The molecular formula is C15H25NO3. The van der Waals surface area contributed by atoms with Crippen LogP contribution < -0.4 is 5.32 Å². The van der Waals surface area contributed by atoms with E-state index in [2.05, 4.69) is 5.32 Å². The molecule has 1 unspecified atom stereocenters. The van der Waals surface area contributed by atoms with Gasteiger partial charge in [0.25, 0.3) is 0 Å². The Morgan fingerprint density at radius 1 is 1.26 bits per heavy atom. The van der Waals surface area contributed by atoms with Crippen molar-refractivity contribution in [1.82, 2.24) is 5.32 Å². The predicted molar refractivity (Wildman–Crippen MR) is 76.1 cm³/mol. The molecule has 0 amide bonds. The van der Waals surface area contributed by atoms with Crippen LogP contribution in [0.15, 0.2) is 30.3 Å². The molecule has 0 fully saturated rings. The van der Waals surface area contributed by atoms with Crippen molar-refractivity contribution >= 4 is 0 Å². The first-order valence-electron chi connectivity index (χ1n) is 6.57. The summed E-state index contributed by atoms with van der Waals surface area (Å²) in [4.78, 5) is 0. The van der Waals surface area contributed by atoms with Gasteiger partial charge in [0, 0.05) is 19.2 Å². The van der Waals surface area contributed by atoms with Crippen LogP contribution in [-0.4, -0.2) is 43.6 Å². The molecule has 0 bridgehead atoms. The normalized spacial score (nSPS) is 13.5. The van der Waals surface area contributed by atoms with E-state index in [1.165, 1.54) is 0 Å². The van der Waals surface area contributed by atoms with Crippen LogP contribution in [0.3, 0.4) is 0 Å². The second-order valence-corrected chi connectivity index (χ2v) is 5.35. The molecule has 0 saturated heterocycles. The van der Waals surface area contributed by atoms with Gasteiger partial charge in [-0.1, -0.05) is 30.3 Å². The summed E-state index contributed by atoms with van der Waals surface area (Å²) < 4.78 is 10.6. The SMILES string of the molecule is COCC(C)(C)NCC(O)COCc1ccccc1. The van der Waals surface area contributed by atoms with E-state index in [0.717, 1.165) is 5.56 Å². The zero-order valence-electron chi connectivity index (χ0n) is 12.1. The molecule has 19 heavy (non-hydrogen) atoms. The van der Waals surface area contributed by atoms with Crippen molar-refractivity contribution in [2.45, 2.75) is 32.1 Å². The van der Waals surface area contributed by atoms with Crippen molar-refractivity contribution < 1.29 is 14.6 Å². The van der Waals surface area contributed by atoms with Gasteiger partial charge in [-0.3, -0.25) is 0 Å². The average Bonchev–Trinajstić information content (AvgIpc) is 2.38. The summed E-state index contributed by atoms with van der Waals surface area (Å²) in [6.45, 7) is 6.02. The van der Waals surface area contributed by atoms with E-state index < -0.39 is 6.10 Å². The second kappa shape index (κ2) is 8.27. The van der Waals surface area contributed by atoms with Gasteiger partial charge in [0.15, 0.2) is 0 Å². The molecule has 4 heteroatoms. The van der Waals surface area contributed by atoms with Crippen LogP contribution in [0.1, 0.15) is 19.4 Å². The molecule has 1 aromatic rings. The number of ether oxygens (including phenoxy) is 2. The maximum atomic E-state index is 9.83. The number of nitrogens with one attached hydrogen (secondary N) is 1. The van der Waals surface area contributed by atoms with Gasteiger partial charge in [0.1, 0.15) is 0 Å². The van der Waals surface area contributed by atoms with Gasteiger partial charge in [-0.15, -0.1) is 0 Å². The molecule has 0 aliphatic heterocycles. The zero-order chi connectivity index (χ0) is 14.1. The van der Waals surface area contributed by atoms with E-state index in [0.29, 0.717) is 26.4 Å². The van der Waals surface area contributed by atoms with Gasteiger partial charge in [-0.2, -0.15) is 0 Å². The third-order valence-corrected chi connectivity index (χ3v) is 2.74. The van der Waals surface area contributed by atoms with Crippen molar-refractivity contribution in [3.63, 3.8) is 0 Å². The molecule has 4 nitrogen and oxygen atoms in total. The highest BCUT2D eigenvalue weighted by molar-refractivity contribution is 5.13. The standard InChI is InChI=1S/C15H25NO3/c1-15(2,12-18-3)16-9-14(17)11-19-10-13-7-5-4-6-8-13/h4-8,14,16-17H,9-12H2,1-3H3. The minimum Gasteiger partial charge on any atom is -0.389 e. The molecule has 0 heterocycles. The van der Waals surface area contributed by atoms with Gasteiger partial charge in [-0.25, -0.2) is 0 Å². The van der Waals surface area contributed by atoms with Crippen LogP contribution in [0.4, 0.5) is 0 Å². The number of β-amino-alcohol motifs (C(OH)–C–C–N with tert-alkyl or cyclic N) is 1. The number of hydrogen-bond donors (Lipinski definition) is 2. The molecule has 0 spiro atoms. The maximum Gasteiger partial charge on any atom is 0.0898 e. The fourth-order valence-corrected chi connectivity index (χ4v) is 1.75. The van der Waals surface area contributed by atoms with E-state index in [9.17, 15) is 5.11 Å². The summed E-state index contributed by atoms with van der Waals surface area (Å²) in [5.41, 5.74) is 0.970. The van der Waals surface area contributed by atoms with Gasteiger partial charge in [-0.05, 0) is 19.4 Å². The van der Waals surface area contributed by atoms with E-state index >= 15 is 0 Å². The Labute approximate surface area is 115 Å². The van der Waals surface area contributed by atoms with Crippen LogP contribution in [0.25, 0.3) is 0 Å². The molecule has 0 aromatic heterocycles. The van der Waals surface area contributed by atoms with Gasteiger partial charge >= 0.3 is 0 Å². The lowest BCUT2D eigenvalue weighted by atomic mass is 10.1. The van der Waals surface area contributed by atoms with Crippen LogP contribution in [0.2, 0.25) is 0 Å². The maximum absolute atomic E-state index is 9.83. The summed E-state index contributed by atoms with van der Waals surface area (Å²) in [5.74, 6) is 0. The van der Waals surface area contributed by atoms with Crippen molar-refractivity contribution in [3.8, 4) is 0 Å². The topological polar surface area (TPSA) is 50.7 Å². The van der Waals surface area contributed by atoms with Crippen molar-refractivity contribution in [1.29, 1.82) is 0 Å². The monoisotopic (exact) mass is 267 g/mol. The summed E-state index contributed by atoms with van der Waals surface area (Å²) in [6.07, 6.45) is -0.514. The molecule has 0 saturated carbocycles. The Balaban J connectivity index is 2.16. The summed E-state index contributed by atoms with van der Waals surface area (Å²) >= 11 is 0. The Bertz CT molecular complexity index is 341. The molecule has 0 aliphatic rings. The van der Waals surface area contributed by atoms with Crippen LogP contribution >= 0.6 is 0 Å². The van der Waals surface area contributed by atoms with Gasteiger partial charge in [0.2, 0.25) is 0 Å². The fourth-order valence-electron chi connectivity index (χ4n) is 1.75. The zero-order valence-corrected chi connectivity index (χ0v) is 12.1. The number of methoxy groups -OCH3 is 1. The number of aliphatic hydroxyl groups is 1. The van der Waals surface area contributed by atoms with E-state index in [4.69, 9.17) is 9.47 Å². The van der Waals surface area contributed by atoms with Crippen molar-refractivity contribution in [3.05, 3.63) is 35.9 Å². The largest absolute Gasteiger partial charge is 0.389 e. The summed E-state index contributed by atoms with van der Waals surface area (Å²) in [7, 11) is 1.67. The first kappa shape index (κ1) is 16.1. The Kier molecular flexibility index (Phi) is 7.02. The number of aliphatic hydroxyl groups excluding tert-OH is 1. The molecule has 0 aliphatic carbocycles. The second-order valence-electron chi connectivity index (χ2n) is 5.35. The van der Waals surface area contributed by atoms with Crippen molar-refractivity contribution in [2.75, 3.05) is 26.9 Å². The highest BCUT2D eigenvalue weighted by atomic mass is 16.5. The van der Waals surface area contributed by atoms with E-state index in [1.54, 1.807) is 7.11 Å². The van der Waals surface area contributed by atoms with Gasteiger partial charge < -0.3 is 19.9 Å². The molecule has 1 atom stereocenters. The van der Waals surface area contributed by atoms with Gasteiger partial charge in [0.05, 0.1) is 25.9 Å². The van der Waals surface area contributed by atoms with E-state index in [-0.39, 0.29) is 5.54 Å². The fraction of sp³-hybridized carbons (Fsp3) is 0.600. The Morgan fingerprint density at radius 2 is 1.95 bits per heavy atom. The number of rotatable bonds is 9. The Morgan fingerprint density at radius 3 is 2.58 bits per heavy atom. The minimum absolute atomic E-state index is 0.144. The quantitative estimate of drug-likeness (QED) is 0.713. The molecule has 108 valence electrons. The highest BCUT2D eigenvalue weighted by Gasteiger charge is 2.18. The lowest BCUT2D eigenvalue weighted by Crippen LogP contribution is -2.47. The lowest BCUT2D eigenvalue weighted by molar-refractivity contribution is 0.0222. The van der Waals surface area contributed by atoms with Crippen LogP contribution in [0.5, 0.6) is 0 Å². The molecule has 1 rings (SSSR count). The van der Waals surface area contributed by atoms with E-state index in [1.807, 2.05) is 44.2 Å². The molecule has 1 aromatic carbocycles. The molecule has 2 N–H and O–H groups in total. The third kappa shape index (κ3) is 7.28. The summed E-state index contributed by atoms with van der Waals surface area (Å²) in [6, 6.07) is 9.94. The first-order chi connectivity index (χ1) is 9.03. The Hall–Kier alpha value is -0.940. The number of hydrogen-bond acceptors (Lipinski definition) is 4. The van der Waals surface area contributed by atoms with Crippen LogP contribution in [0, 0.1) is 0 Å². The molecular weight excluding hydrogens is 242 g/mol. The van der Waals surface area contributed by atoms with Crippen molar-refractivity contribution in [2.24, 2.45) is 0 Å². The highest BCUT2D eigenvalue weighted by Crippen LogP contribution is 2.03. The smallest absolute Gasteiger partial charge is 0.0898 e. The molecule has 0 radical (unpaired) electrons. The lowest BCUT2D eigenvalue weighted by Gasteiger charge is -2.26. The summed E-state index contributed by atoms with van der Waals surface area (Å²) in [5, 5.41) is 13.1. The predicted octanol–water partition coefficient (Wildman–Crippen LogP) is 1.58. The average molecular weight is 267 g/mol. The van der Waals surface area contributed by atoms with Crippen LogP contribution in [-0.2, 0) is 16.1 Å².